The van der Waals surface area contributed by atoms with Crippen LogP contribution in [0, 0.1) is 20.8 Å². The molecule has 0 aliphatic heterocycles. The van der Waals surface area contributed by atoms with E-state index in [1.165, 1.54) is 0 Å². The Bertz CT molecular complexity index is 1070. The number of aromatic amines is 1. The van der Waals surface area contributed by atoms with Crippen molar-refractivity contribution in [3.63, 3.8) is 0 Å². The minimum Gasteiger partial charge on any atom is -0.489 e. The van der Waals surface area contributed by atoms with Gasteiger partial charge in [0.1, 0.15) is 29.0 Å². The molecule has 7 heteroatoms. The zero-order chi connectivity index (χ0) is 22.2. The number of ether oxygens (including phenoxy) is 1. The Balaban J connectivity index is 1.53. The highest BCUT2D eigenvalue weighted by Crippen LogP contribution is 2.42. The van der Waals surface area contributed by atoms with E-state index in [4.69, 9.17) is 21.3 Å². The minimum atomic E-state index is -2.56. The van der Waals surface area contributed by atoms with Crippen LogP contribution < -0.4 is 4.74 Å². The maximum absolute atomic E-state index is 13.5. The van der Waals surface area contributed by atoms with Crippen LogP contribution in [0.4, 0.5) is 8.78 Å². The lowest BCUT2D eigenvalue weighted by Gasteiger charge is -2.26. The molecule has 0 atom stereocenters. The van der Waals surface area contributed by atoms with Crippen LogP contribution in [0.3, 0.4) is 0 Å². The average molecular weight is 446 g/mol. The first-order valence-corrected chi connectivity index (χ1v) is 10.9. The molecule has 1 fully saturated rings. The van der Waals surface area contributed by atoms with Crippen molar-refractivity contribution in [2.45, 2.75) is 64.9 Å². The molecule has 1 aliphatic carbocycles. The molecule has 4 nitrogen and oxygen atoms in total. The Hall–Kier alpha value is -2.47. The highest BCUT2D eigenvalue weighted by Gasteiger charge is 2.36. The van der Waals surface area contributed by atoms with Gasteiger partial charge in [-0.1, -0.05) is 17.7 Å². The van der Waals surface area contributed by atoms with E-state index >= 15 is 0 Å². The number of alkyl halides is 2. The number of aryl methyl sites for hydroxylation is 3. The topological polar surface area (TPSA) is 50.8 Å². The predicted octanol–water partition coefficient (Wildman–Crippen LogP) is 6.92. The second-order valence-electron chi connectivity index (χ2n) is 8.44. The fraction of sp³-hybridized carbons (Fsp3) is 0.417. The van der Waals surface area contributed by atoms with Crippen molar-refractivity contribution < 1.29 is 13.5 Å². The van der Waals surface area contributed by atoms with Gasteiger partial charge in [0.15, 0.2) is 0 Å². The molecular weight excluding hydrogens is 420 g/mol. The quantitative estimate of drug-likeness (QED) is 0.463. The van der Waals surface area contributed by atoms with Crippen molar-refractivity contribution >= 4 is 11.6 Å². The average Bonchev–Trinajstić information content (AvgIpc) is 3.10. The molecule has 0 unspecified atom stereocenters. The van der Waals surface area contributed by atoms with Crippen LogP contribution in [0.1, 0.15) is 59.8 Å². The number of nitrogens with zero attached hydrogens (tertiary/aromatic N) is 2. The molecule has 164 valence electrons. The van der Waals surface area contributed by atoms with Gasteiger partial charge in [0, 0.05) is 41.8 Å². The van der Waals surface area contributed by atoms with E-state index in [0.717, 1.165) is 33.7 Å². The summed E-state index contributed by atoms with van der Waals surface area (Å²) in [5, 5.41) is 0.439. The number of nitrogens with one attached hydrogen (secondary N) is 1. The van der Waals surface area contributed by atoms with Crippen molar-refractivity contribution in [2.75, 3.05) is 0 Å². The lowest BCUT2D eigenvalue weighted by Crippen LogP contribution is -2.24. The summed E-state index contributed by atoms with van der Waals surface area (Å²) in [5.74, 6) is -1.09. The molecule has 1 aromatic carbocycles. The summed E-state index contributed by atoms with van der Waals surface area (Å²) in [4.78, 5) is 12.1. The molecule has 0 saturated heterocycles. The van der Waals surface area contributed by atoms with E-state index in [0.29, 0.717) is 36.1 Å². The summed E-state index contributed by atoms with van der Waals surface area (Å²) in [6, 6.07) is 7.96. The van der Waals surface area contributed by atoms with Gasteiger partial charge >= 0.3 is 0 Å². The van der Waals surface area contributed by atoms with Crippen molar-refractivity contribution in [1.29, 1.82) is 0 Å². The number of H-pyrrole nitrogens is 1. The van der Waals surface area contributed by atoms with Gasteiger partial charge in [-0.3, -0.25) is 4.98 Å². The number of rotatable bonds is 5. The number of hydrogen-bond donors (Lipinski definition) is 1. The normalized spacial score (nSPS) is 16.5. The Morgan fingerprint density at radius 2 is 1.87 bits per heavy atom. The van der Waals surface area contributed by atoms with Crippen LogP contribution in [0.25, 0.3) is 11.3 Å². The Morgan fingerprint density at radius 1 is 1.13 bits per heavy atom. The zero-order valence-corrected chi connectivity index (χ0v) is 18.7. The largest absolute Gasteiger partial charge is 0.489 e. The van der Waals surface area contributed by atoms with Crippen molar-refractivity contribution in [3.05, 3.63) is 63.8 Å². The molecule has 0 radical (unpaired) electrons. The minimum absolute atomic E-state index is 0.0157. The van der Waals surface area contributed by atoms with Gasteiger partial charge in [-0.05, 0) is 62.9 Å². The maximum Gasteiger partial charge on any atom is 0.248 e. The van der Waals surface area contributed by atoms with Gasteiger partial charge in [-0.15, -0.1) is 0 Å². The van der Waals surface area contributed by atoms with Crippen LogP contribution in [0.2, 0.25) is 5.15 Å². The molecule has 1 aliphatic rings. The summed E-state index contributed by atoms with van der Waals surface area (Å²) >= 11 is 6.47. The van der Waals surface area contributed by atoms with Crippen LogP contribution >= 0.6 is 11.6 Å². The lowest BCUT2D eigenvalue weighted by molar-refractivity contribution is -0.0387. The fourth-order valence-corrected chi connectivity index (χ4v) is 4.24. The third kappa shape index (κ3) is 4.90. The standard InChI is InChI=1S/C24H26ClF2N3O/c1-14-11-20(31-13-17-5-4-16(3)28-12-17)15(2)10-19(14)21-22(25)30-23(29-21)18-6-8-24(26,27)9-7-18/h4-5,10-12,18H,6-9,13H2,1-3H3,(H,29,30). The molecule has 0 bridgehead atoms. The molecule has 2 aromatic heterocycles. The highest BCUT2D eigenvalue weighted by atomic mass is 35.5. The fourth-order valence-electron chi connectivity index (χ4n) is 4.00. The lowest BCUT2D eigenvalue weighted by atomic mass is 9.86. The maximum atomic E-state index is 13.5. The summed E-state index contributed by atoms with van der Waals surface area (Å²) in [7, 11) is 0. The van der Waals surface area contributed by atoms with Crippen LogP contribution in [0.15, 0.2) is 30.5 Å². The molecule has 3 aromatic rings. The van der Waals surface area contributed by atoms with Gasteiger partial charge < -0.3 is 9.72 Å². The summed E-state index contributed by atoms with van der Waals surface area (Å²) < 4.78 is 33.0. The summed E-state index contributed by atoms with van der Waals surface area (Å²) in [6.07, 6.45) is 2.43. The third-order valence-corrected chi connectivity index (χ3v) is 6.20. The number of imidazole rings is 1. The van der Waals surface area contributed by atoms with Crippen LogP contribution in [-0.4, -0.2) is 20.9 Å². The molecule has 1 N–H and O–H groups in total. The zero-order valence-electron chi connectivity index (χ0n) is 17.9. The summed E-state index contributed by atoms with van der Waals surface area (Å²) in [6.45, 7) is 6.36. The van der Waals surface area contributed by atoms with Crippen molar-refractivity contribution in [1.82, 2.24) is 15.0 Å². The molecule has 2 heterocycles. The van der Waals surface area contributed by atoms with E-state index in [-0.39, 0.29) is 18.8 Å². The molecule has 0 amide bonds. The molecule has 0 spiro atoms. The number of aromatic nitrogens is 3. The van der Waals surface area contributed by atoms with E-state index < -0.39 is 5.92 Å². The van der Waals surface area contributed by atoms with Gasteiger partial charge in [0.25, 0.3) is 0 Å². The van der Waals surface area contributed by atoms with Gasteiger partial charge in [-0.25, -0.2) is 13.8 Å². The monoisotopic (exact) mass is 445 g/mol. The molecule has 31 heavy (non-hydrogen) atoms. The third-order valence-electron chi connectivity index (χ3n) is 5.93. The Kier molecular flexibility index (Phi) is 6.02. The number of pyridine rings is 1. The second-order valence-corrected chi connectivity index (χ2v) is 8.82. The summed E-state index contributed by atoms with van der Waals surface area (Å²) in [5.41, 5.74) is 5.50. The van der Waals surface area contributed by atoms with E-state index in [1.807, 2.05) is 51.2 Å². The SMILES string of the molecule is Cc1ccc(COc2cc(C)c(-c3nc(C4CCC(F)(F)CC4)[nH]c3Cl)cc2C)cn1. The highest BCUT2D eigenvalue weighted by molar-refractivity contribution is 6.32. The first-order valence-electron chi connectivity index (χ1n) is 10.5. The van der Waals surface area contributed by atoms with Crippen LogP contribution in [0.5, 0.6) is 5.75 Å². The van der Waals surface area contributed by atoms with E-state index in [2.05, 4.69) is 9.97 Å². The molecule has 4 rings (SSSR count). The van der Waals surface area contributed by atoms with Crippen LogP contribution in [-0.2, 0) is 6.61 Å². The predicted molar refractivity (Wildman–Crippen MR) is 118 cm³/mol. The van der Waals surface area contributed by atoms with Crippen molar-refractivity contribution in [3.8, 4) is 17.0 Å². The first-order chi connectivity index (χ1) is 14.7. The van der Waals surface area contributed by atoms with Gasteiger partial charge in [0.05, 0.1) is 0 Å². The van der Waals surface area contributed by atoms with Crippen molar-refractivity contribution in [2.24, 2.45) is 0 Å². The number of hydrogen-bond acceptors (Lipinski definition) is 3. The van der Waals surface area contributed by atoms with E-state index in [9.17, 15) is 8.78 Å². The number of halogens is 3. The Morgan fingerprint density at radius 3 is 2.55 bits per heavy atom. The smallest absolute Gasteiger partial charge is 0.248 e. The number of benzene rings is 1. The van der Waals surface area contributed by atoms with Gasteiger partial charge in [0.2, 0.25) is 5.92 Å². The van der Waals surface area contributed by atoms with Gasteiger partial charge in [-0.2, -0.15) is 0 Å². The molecular formula is C24H26ClF2N3O. The Labute approximate surface area is 186 Å². The van der Waals surface area contributed by atoms with E-state index in [1.54, 1.807) is 0 Å². The second kappa shape index (κ2) is 8.58. The first kappa shape index (κ1) is 21.8. The molecule has 1 saturated carbocycles.